The molecule has 0 N–H and O–H groups in total. The Morgan fingerprint density at radius 2 is 2.00 bits per heavy atom. The summed E-state index contributed by atoms with van der Waals surface area (Å²) in [5.41, 5.74) is 1.24. The van der Waals surface area contributed by atoms with Crippen molar-refractivity contribution in [2.45, 2.75) is 13.8 Å². The average molecular weight is 143 g/mol. The van der Waals surface area contributed by atoms with Crippen molar-refractivity contribution >= 4 is 12.6 Å². The summed E-state index contributed by atoms with van der Waals surface area (Å²) in [5, 5.41) is 0.760. The standard InChI is InChI=1S/C7H13NS/c1-6(2)5-8(4)7(3)9/h5,9H,3H2,1-2,4H3. The zero-order chi connectivity index (χ0) is 7.44. The highest BCUT2D eigenvalue weighted by Gasteiger charge is 1.89. The Balaban J connectivity index is 3.91. The highest BCUT2D eigenvalue weighted by molar-refractivity contribution is 7.84. The van der Waals surface area contributed by atoms with Gasteiger partial charge in [0.1, 0.15) is 0 Å². The molecular formula is C7H13NS. The molecule has 0 aliphatic heterocycles. The Labute approximate surface area is 62.5 Å². The van der Waals surface area contributed by atoms with Gasteiger partial charge >= 0.3 is 0 Å². The third-order valence-corrected chi connectivity index (χ3v) is 1.17. The Morgan fingerprint density at radius 3 is 2.11 bits per heavy atom. The van der Waals surface area contributed by atoms with E-state index in [1.54, 1.807) is 0 Å². The molecule has 52 valence electrons. The topological polar surface area (TPSA) is 3.24 Å². The fraction of sp³-hybridized carbons (Fsp3) is 0.429. The minimum absolute atomic E-state index is 0.760. The Bertz CT molecular complexity index is 134. The van der Waals surface area contributed by atoms with Gasteiger partial charge in [-0.15, -0.1) is 12.6 Å². The lowest BCUT2D eigenvalue weighted by atomic mass is 10.4. The molecule has 0 saturated heterocycles. The lowest BCUT2D eigenvalue weighted by Gasteiger charge is -2.12. The van der Waals surface area contributed by atoms with Gasteiger partial charge in [0.2, 0.25) is 0 Å². The SMILES string of the molecule is C=C(S)N(C)C=C(C)C. The highest BCUT2D eigenvalue weighted by atomic mass is 32.1. The third-order valence-electron chi connectivity index (χ3n) is 0.859. The molecule has 0 bridgehead atoms. The first-order valence-corrected chi connectivity index (χ1v) is 3.24. The van der Waals surface area contributed by atoms with E-state index < -0.39 is 0 Å². The normalized spacial score (nSPS) is 8.44. The predicted molar refractivity (Wildman–Crippen MR) is 45.3 cm³/mol. The second-order valence-corrected chi connectivity index (χ2v) is 2.75. The molecule has 0 aromatic heterocycles. The van der Waals surface area contributed by atoms with E-state index in [-0.39, 0.29) is 0 Å². The van der Waals surface area contributed by atoms with Crippen LogP contribution in [0.3, 0.4) is 0 Å². The fourth-order valence-corrected chi connectivity index (χ4v) is 0.520. The Morgan fingerprint density at radius 1 is 1.56 bits per heavy atom. The van der Waals surface area contributed by atoms with E-state index in [0.29, 0.717) is 0 Å². The molecule has 0 unspecified atom stereocenters. The second-order valence-electron chi connectivity index (χ2n) is 2.23. The summed E-state index contributed by atoms with van der Waals surface area (Å²) in [4.78, 5) is 1.87. The second kappa shape index (κ2) is 3.62. The van der Waals surface area contributed by atoms with Gasteiger partial charge in [-0.25, -0.2) is 0 Å². The van der Waals surface area contributed by atoms with Gasteiger partial charge in [0.15, 0.2) is 0 Å². The summed E-state index contributed by atoms with van der Waals surface area (Å²) in [7, 11) is 1.92. The third kappa shape index (κ3) is 4.15. The van der Waals surface area contributed by atoms with Crippen LogP contribution in [0.2, 0.25) is 0 Å². The highest BCUT2D eigenvalue weighted by Crippen LogP contribution is 2.04. The van der Waals surface area contributed by atoms with Gasteiger partial charge < -0.3 is 4.90 Å². The van der Waals surface area contributed by atoms with Crippen LogP contribution in [-0.4, -0.2) is 11.9 Å². The first-order chi connectivity index (χ1) is 4.04. The summed E-state index contributed by atoms with van der Waals surface area (Å²) in [6, 6.07) is 0. The van der Waals surface area contributed by atoms with E-state index in [2.05, 4.69) is 19.2 Å². The number of rotatable bonds is 2. The number of hydrogen-bond acceptors (Lipinski definition) is 2. The van der Waals surface area contributed by atoms with Gasteiger partial charge in [-0.05, 0) is 13.8 Å². The van der Waals surface area contributed by atoms with E-state index in [9.17, 15) is 0 Å². The van der Waals surface area contributed by atoms with Crippen LogP contribution < -0.4 is 0 Å². The number of allylic oxidation sites excluding steroid dienone is 1. The van der Waals surface area contributed by atoms with Crippen molar-refractivity contribution in [3.8, 4) is 0 Å². The zero-order valence-electron chi connectivity index (χ0n) is 6.18. The Kier molecular flexibility index (Phi) is 3.47. The minimum Gasteiger partial charge on any atom is -0.347 e. The summed E-state index contributed by atoms with van der Waals surface area (Å²) >= 11 is 4.05. The molecule has 0 fully saturated rings. The molecular weight excluding hydrogens is 130 g/mol. The Hall–Kier alpha value is -0.370. The molecule has 0 spiro atoms. The van der Waals surface area contributed by atoms with Gasteiger partial charge in [-0.1, -0.05) is 12.2 Å². The lowest BCUT2D eigenvalue weighted by Crippen LogP contribution is -2.04. The molecule has 9 heavy (non-hydrogen) atoms. The van der Waals surface area contributed by atoms with E-state index >= 15 is 0 Å². The summed E-state index contributed by atoms with van der Waals surface area (Å²) in [6.07, 6.45) is 1.98. The fourth-order valence-electron chi connectivity index (χ4n) is 0.462. The van der Waals surface area contributed by atoms with Gasteiger partial charge in [0, 0.05) is 13.2 Å². The van der Waals surface area contributed by atoms with Gasteiger partial charge in [-0.3, -0.25) is 0 Å². The van der Waals surface area contributed by atoms with Crippen molar-refractivity contribution in [3.63, 3.8) is 0 Å². The molecule has 0 aliphatic rings. The van der Waals surface area contributed by atoms with Crippen LogP contribution in [0.25, 0.3) is 0 Å². The summed E-state index contributed by atoms with van der Waals surface area (Å²) in [5.74, 6) is 0. The molecule has 1 nitrogen and oxygen atoms in total. The zero-order valence-corrected chi connectivity index (χ0v) is 7.07. The first kappa shape index (κ1) is 8.63. The molecule has 0 rings (SSSR count). The smallest absolute Gasteiger partial charge is 0.0640 e. The summed E-state index contributed by atoms with van der Waals surface area (Å²) < 4.78 is 0. The molecule has 0 amide bonds. The van der Waals surface area contributed by atoms with Crippen molar-refractivity contribution in [3.05, 3.63) is 23.4 Å². The van der Waals surface area contributed by atoms with Crippen molar-refractivity contribution in [1.29, 1.82) is 0 Å². The first-order valence-electron chi connectivity index (χ1n) is 2.79. The van der Waals surface area contributed by atoms with Crippen LogP contribution in [0.4, 0.5) is 0 Å². The van der Waals surface area contributed by atoms with Crippen molar-refractivity contribution in [2.24, 2.45) is 0 Å². The van der Waals surface area contributed by atoms with Crippen LogP contribution in [0.1, 0.15) is 13.8 Å². The summed E-state index contributed by atoms with van der Waals surface area (Å²) in [6.45, 7) is 7.72. The van der Waals surface area contributed by atoms with Crippen LogP contribution in [0, 0.1) is 0 Å². The van der Waals surface area contributed by atoms with E-state index in [0.717, 1.165) is 5.03 Å². The molecule has 0 atom stereocenters. The van der Waals surface area contributed by atoms with Gasteiger partial charge in [-0.2, -0.15) is 0 Å². The maximum atomic E-state index is 4.05. The predicted octanol–water partition coefficient (Wildman–Crippen LogP) is 2.24. The minimum atomic E-state index is 0.760. The average Bonchev–Trinajstić information content (AvgIpc) is 1.63. The molecule has 0 heterocycles. The maximum Gasteiger partial charge on any atom is 0.0640 e. The van der Waals surface area contributed by atoms with Crippen LogP contribution in [0.15, 0.2) is 23.4 Å². The molecule has 0 radical (unpaired) electrons. The molecule has 0 saturated carbocycles. The molecule has 0 aliphatic carbocycles. The van der Waals surface area contributed by atoms with Crippen molar-refractivity contribution in [2.75, 3.05) is 7.05 Å². The van der Waals surface area contributed by atoms with Gasteiger partial charge in [0.05, 0.1) is 5.03 Å². The van der Waals surface area contributed by atoms with Gasteiger partial charge in [0.25, 0.3) is 0 Å². The van der Waals surface area contributed by atoms with E-state index in [1.165, 1.54) is 5.57 Å². The van der Waals surface area contributed by atoms with Crippen LogP contribution in [0.5, 0.6) is 0 Å². The lowest BCUT2D eigenvalue weighted by molar-refractivity contribution is 0.608. The molecule has 0 aromatic carbocycles. The van der Waals surface area contributed by atoms with Crippen LogP contribution in [-0.2, 0) is 0 Å². The maximum absolute atomic E-state index is 4.05. The van der Waals surface area contributed by atoms with Crippen molar-refractivity contribution in [1.82, 2.24) is 4.90 Å². The van der Waals surface area contributed by atoms with Crippen molar-refractivity contribution < 1.29 is 0 Å². The molecule has 0 aromatic rings. The number of hydrogen-bond donors (Lipinski definition) is 1. The number of nitrogens with zero attached hydrogens (tertiary/aromatic N) is 1. The van der Waals surface area contributed by atoms with E-state index in [1.807, 2.05) is 32.0 Å². The quantitative estimate of drug-likeness (QED) is 0.580. The number of thiol groups is 1. The molecule has 2 heteroatoms. The monoisotopic (exact) mass is 143 g/mol. The van der Waals surface area contributed by atoms with Crippen LogP contribution >= 0.6 is 12.6 Å². The van der Waals surface area contributed by atoms with E-state index in [4.69, 9.17) is 0 Å². The largest absolute Gasteiger partial charge is 0.347 e.